The molecule has 1 rings (SSSR count). The smallest absolute Gasteiger partial charge is 0.203 e. The van der Waals surface area contributed by atoms with Crippen LogP contribution in [0.4, 0.5) is 0 Å². The summed E-state index contributed by atoms with van der Waals surface area (Å²) in [6, 6.07) is 6.48. The summed E-state index contributed by atoms with van der Waals surface area (Å²) in [6.45, 7) is 0. The second-order valence-electron chi connectivity index (χ2n) is 2.28. The van der Waals surface area contributed by atoms with E-state index in [2.05, 4.69) is 0 Å². The topological polar surface area (TPSA) is 86.7 Å². The van der Waals surface area contributed by atoms with E-state index in [1.807, 2.05) is 12.1 Å². The summed E-state index contributed by atoms with van der Waals surface area (Å²) in [6.07, 6.45) is 0.193. The van der Waals surface area contributed by atoms with Crippen molar-refractivity contribution in [2.24, 2.45) is 5.73 Å². The molecule has 0 aromatic carbocycles. The summed E-state index contributed by atoms with van der Waals surface area (Å²) in [4.78, 5) is 0. The van der Waals surface area contributed by atoms with Crippen molar-refractivity contribution >= 4 is 0 Å². The first-order valence-electron chi connectivity index (χ1n) is 3.40. The van der Waals surface area contributed by atoms with Crippen molar-refractivity contribution in [1.29, 1.82) is 10.5 Å². The summed E-state index contributed by atoms with van der Waals surface area (Å²) in [5.74, 6) is 0.700. The van der Waals surface area contributed by atoms with E-state index in [9.17, 15) is 0 Å². The van der Waals surface area contributed by atoms with Gasteiger partial charge in [0.05, 0.1) is 18.5 Å². The zero-order valence-electron chi connectivity index (χ0n) is 6.32. The molecule has 0 amide bonds. The van der Waals surface area contributed by atoms with Gasteiger partial charge in [-0.25, -0.2) is 0 Å². The Morgan fingerprint density at radius 2 is 2.25 bits per heavy atom. The van der Waals surface area contributed by atoms with Crippen molar-refractivity contribution in [1.82, 2.24) is 0 Å². The summed E-state index contributed by atoms with van der Waals surface area (Å²) in [5, 5.41) is 16.7. The van der Waals surface area contributed by atoms with Crippen molar-refractivity contribution in [3.63, 3.8) is 0 Å². The van der Waals surface area contributed by atoms with Gasteiger partial charge in [-0.2, -0.15) is 10.5 Å². The summed E-state index contributed by atoms with van der Waals surface area (Å²) in [7, 11) is 0. The van der Waals surface area contributed by atoms with Crippen LogP contribution in [0, 0.1) is 22.7 Å². The van der Waals surface area contributed by atoms with E-state index in [1.54, 1.807) is 6.07 Å². The molecule has 1 atom stereocenters. The highest BCUT2D eigenvalue weighted by Crippen LogP contribution is 2.15. The summed E-state index contributed by atoms with van der Waals surface area (Å²) in [5.41, 5.74) is 5.55. The Morgan fingerprint density at radius 1 is 1.50 bits per heavy atom. The first-order valence-corrected chi connectivity index (χ1v) is 3.40. The quantitative estimate of drug-likeness (QED) is 0.702. The van der Waals surface area contributed by atoms with Gasteiger partial charge in [0.2, 0.25) is 5.76 Å². The van der Waals surface area contributed by atoms with E-state index in [-0.39, 0.29) is 12.2 Å². The molecule has 0 unspecified atom stereocenters. The van der Waals surface area contributed by atoms with Gasteiger partial charge >= 0.3 is 0 Å². The minimum Gasteiger partial charge on any atom is -0.449 e. The third kappa shape index (κ3) is 1.63. The number of furan rings is 1. The Morgan fingerprint density at radius 3 is 2.75 bits per heavy atom. The van der Waals surface area contributed by atoms with E-state index in [0.717, 1.165) is 0 Å². The van der Waals surface area contributed by atoms with Gasteiger partial charge in [-0.1, -0.05) is 0 Å². The first kappa shape index (κ1) is 8.32. The number of nitrogens with two attached hydrogens (primary N) is 1. The summed E-state index contributed by atoms with van der Waals surface area (Å²) >= 11 is 0. The molecule has 4 nitrogen and oxygen atoms in total. The standard InChI is InChI=1S/C8H7N3O/c9-4-3-7(11)8-2-1-6(5-10)12-8/h1-2,7H,3,11H2/t7-/m0/s1. The molecule has 12 heavy (non-hydrogen) atoms. The van der Waals surface area contributed by atoms with E-state index in [0.29, 0.717) is 5.76 Å². The Hall–Kier alpha value is -1.78. The first-order chi connectivity index (χ1) is 5.77. The number of nitrogens with zero attached hydrogens (tertiary/aromatic N) is 2. The molecule has 4 heteroatoms. The van der Waals surface area contributed by atoms with Crippen molar-refractivity contribution in [3.8, 4) is 12.1 Å². The van der Waals surface area contributed by atoms with Crippen LogP contribution in [0.25, 0.3) is 0 Å². The van der Waals surface area contributed by atoms with Crippen LogP contribution in [-0.2, 0) is 0 Å². The third-order valence-electron chi connectivity index (χ3n) is 1.41. The van der Waals surface area contributed by atoms with Gasteiger partial charge in [-0.15, -0.1) is 0 Å². The molecule has 0 aliphatic carbocycles. The van der Waals surface area contributed by atoms with Crippen LogP contribution in [-0.4, -0.2) is 0 Å². The molecule has 0 saturated heterocycles. The molecule has 60 valence electrons. The number of nitriles is 2. The fraction of sp³-hybridized carbons (Fsp3) is 0.250. The van der Waals surface area contributed by atoms with Crippen molar-refractivity contribution in [3.05, 3.63) is 23.7 Å². The molecule has 0 saturated carbocycles. The second kappa shape index (κ2) is 3.56. The van der Waals surface area contributed by atoms with Crippen LogP contribution in [0.5, 0.6) is 0 Å². The maximum absolute atomic E-state index is 8.41. The lowest BCUT2D eigenvalue weighted by Crippen LogP contribution is -2.07. The Balaban J connectivity index is 2.77. The zero-order chi connectivity index (χ0) is 8.97. The molecule has 0 bridgehead atoms. The fourth-order valence-electron chi connectivity index (χ4n) is 0.811. The van der Waals surface area contributed by atoms with Gasteiger partial charge in [-0.05, 0) is 12.1 Å². The Kier molecular flexibility index (Phi) is 2.47. The molecule has 1 heterocycles. The zero-order valence-corrected chi connectivity index (χ0v) is 6.32. The van der Waals surface area contributed by atoms with Crippen LogP contribution in [0.3, 0.4) is 0 Å². The second-order valence-corrected chi connectivity index (χ2v) is 2.28. The molecular formula is C8H7N3O. The third-order valence-corrected chi connectivity index (χ3v) is 1.41. The SMILES string of the molecule is N#CC[C@H](N)c1ccc(C#N)o1. The highest BCUT2D eigenvalue weighted by atomic mass is 16.3. The lowest BCUT2D eigenvalue weighted by Gasteiger charge is -2.00. The number of rotatable bonds is 2. The van der Waals surface area contributed by atoms with Crippen LogP contribution in [0.1, 0.15) is 24.0 Å². The van der Waals surface area contributed by atoms with E-state index in [4.69, 9.17) is 20.7 Å². The van der Waals surface area contributed by atoms with Gasteiger partial charge in [0.25, 0.3) is 0 Å². The minimum atomic E-state index is -0.433. The van der Waals surface area contributed by atoms with Crippen molar-refractivity contribution < 1.29 is 4.42 Å². The van der Waals surface area contributed by atoms with Crippen molar-refractivity contribution in [2.75, 3.05) is 0 Å². The largest absolute Gasteiger partial charge is 0.449 e. The van der Waals surface area contributed by atoms with Crippen LogP contribution in [0.15, 0.2) is 16.5 Å². The number of hydrogen-bond acceptors (Lipinski definition) is 4. The van der Waals surface area contributed by atoms with Crippen LogP contribution >= 0.6 is 0 Å². The maximum atomic E-state index is 8.41. The normalized spacial score (nSPS) is 11.6. The molecule has 0 aliphatic heterocycles. The van der Waals surface area contributed by atoms with Gasteiger partial charge in [0.1, 0.15) is 11.8 Å². The maximum Gasteiger partial charge on any atom is 0.203 e. The molecule has 1 aromatic rings. The van der Waals surface area contributed by atoms with E-state index >= 15 is 0 Å². The van der Waals surface area contributed by atoms with Crippen molar-refractivity contribution in [2.45, 2.75) is 12.5 Å². The summed E-state index contributed by atoms with van der Waals surface area (Å²) < 4.78 is 5.01. The fourth-order valence-corrected chi connectivity index (χ4v) is 0.811. The average molecular weight is 161 g/mol. The highest BCUT2D eigenvalue weighted by Gasteiger charge is 2.09. The Bertz CT molecular complexity index is 342. The van der Waals surface area contributed by atoms with E-state index < -0.39 is 6.04 Å². The molecule has 1 aromatic heterocycles. The molecule has 0 fully saturated rings. The molecule has 2 N–H and O–H groups in total. The number of hydrogen-bond donors (Lipinski definition) is 1. The van der Waals surface area contributed by atoms with Gasteiger partial charge < -0.3 is 10.2 Å². The van der Waals surface area contributed by atoms with Gasteiger partial charge in [-0.3, -0.25) is 0 Å². The predicted molar refractivity (Wildman–Crippen MR) is 40.6 cm³/mol. The molecule has 0 radical (unpaired) electrons. The average Bonchev–Trinajstić information content (AvgIpc) is 2.52. The Labute approximate surface area is 69.8 Å². The monoisotopic (exact) mass is 161 g/mol. The van der Waals surface area contributed by atoms with Crippen LogP contribution < -0.4 is 5.73 Å². The van der Waals surface area contributed by atoms with Gasteiger partial charge in [0.15, 0.2) is 0 Å². The lowest BCUT2D eigenvalue weighted by molar-refractivity contribution is 0.460. The van der Waals surface area contributed by atoms with Crippen LogP contribution in [0.2, 0.25) is 0 Å². The van der Waals surface area contributed by atoms with E-state index in [1.165, 1.54) is 6.07 Å². The lowest BCUT2D eigenvalue weighted by atomic mass is 10.2. The highest BCUT2D eigenvalue weighted by molar-refractivity contribution is 5.20. The molecule has 0 aliphatic rings. The molecular weight excluding hydrogens is 154 g/mol. The molecule has 0 spiro atoms. The minimum absolute atomic E-state index is 0.193. The van der Waals surface area contributed by atoms with Gasteiger partial charge in [0, 0.05) is 0 Å². The predicted octanol–water partition coefficient (Wildman–Crippen LogP) is 1.06.